The largest absolute Gasteiger partial charge is 0.287 e. The van der Waals surface area contributed by atoms with Crippen LogP contribution >= 0.6 is 7.59 Å². The number of rotatable bonds is 3. The van der Waals surface area contributed by atoms with Crippen LogP contribution in [-0.4, -0.2) is 53.3 Å². The number of hydrogen-bond donors (Lipinski definition) is 0. The molecule has 15 heavy (non-hydrogen) atoms. The van der Waals surface area contributed by atoms with Crippen LogP contribution in [0.2, 0.25) is 0 Å². The second-order valence-electron chi connectivity index (χ2n) is 4.79. The van der Waals surface area contributed by atoms with Crippen LogP contribution in [0.4, 0.5) is 0 Å². The highest BCUT2D eigenvalue weighted by Crippen LogP contribution is 2.62. The fourth-order valence-electron chi connectivity index (χ4n) is 2.46. The van der Waals surface area contributed by atoms with E-state index in [1.54, 1.807) is 0 Å². The van der Waals surface area contributed by atoms with Crippen molar-refractivity contribution in [3.63, 3.8) is 0 Å². The third kappa shape index (κ3) is 1.89. The molecule has 3 aliphatic rings. The Balaban J connectivity index is 1.77. The molecule has 0 spiro atoms. The van der Waals surface area contributed by atoms with Gasteiger partial charge in [0.1, 0.15) is 0 Å². The summed E-state index contributed by atoms with van der Waals surface area (Å²) in [4.78, 5) is 0. The first kappa shape index (κ1) is 10.3. The molecule has 3 fully saturated rings. The van der Waals surface area contributed by atoms with Crippen molar-refractivity contribution in [2.45, 2.75) is 25.7 Å². The van der Waals surface area contributed by atoms with Gasteiger partial charge < -0.3 is 0 Å². The lowest BCUT2D eigenvalue weighted by Gasteiger charge is -2.31. The lowest BCUT2D eigenvalue weighted by molar-refractivity contribution is 0.373. The molecular weight excluding hydrogens is 209 g/mol. The summed E-state index contributed by atoms with van der Waals surface area (Å²) >= 11 is 0. The monoisotopic (exact) mass is 229 g/mol. The third-order valence-electron chi connectivity index (χ3n) is 3.54. The van der Waals surface area contributed by atoms with Gasteiger partial charge in [-0.25, -0.2) is 14.0 Å². The van der Waals surface area contributed by atoms with Gasteiger partial charge in [-0.3, -0.25) is 4.57 Å². The Bertz CT molecular complexity index is 264. The average molecular weight is 229 g/mol. The molecule has 0 radical (unpaired) electrons. The van der Waals surface area contributed by atoms with Gasteiger partial charge >= 0.3 is 0 Å². The van der Waals surface area contributed by atoms with E-state index in [1.807, 2.05) is 0 Å². The van der Waals surface area contributed by atoms with Crippen molar-refractivity contribution in [2.24, 2.45) is 0 Å². The third-order valence-corrected chi connectivity index (χ3v) is 6.95. The van der Waals surface area contributed by atoms with E-state index in [2.05, 4.69) is 14.0 Å². The quantitative estimate of drug-likeness (QED) is 0.542. The molecule has 4 nitrogen and oxygen atoms in total. The van der Waals surface area contributed by atoms with E-state index in [-0.39, 0.29) is 0 Å². The molecule has 0 aromatic rings. The molecule has 3 rings (SSSR count). The minimum Gasteiger partial charge on any atom is -0.270 e. The highest BCUT2D eigenvalue weighted by atomic mass is 31.2. The van der Waals surface area contributed by atoms with Crippen LogP contribution in [0.5, 0.6) is 0 Å². The zero-order chi connectivity index (χ0) is 10.3. The van der Waals surface area contributed by atoms with Crippen LogP contribution in [-0.2, 0) is 4.57 Å². The van der Waals surface area contributed by atoms with Crippen molar-refractivity contribution in [1.29, 1.82) is 0 Å². The van der Waals surface area contributed by atoms with Crippen molar-refractivity contribution in [1.82, 2.24) is 14.0 Å². The first-order valence-corrected chi connectivity index (χ1v) is 7.75. The fraction of sp³-hybridized carbons (Fsp3) is 1.00. The van der Waals surface area contributed by atoms with E-state index in [9.17, 15) is 4.57 Å². The van der Waals surface area contributed by atoms with Crippen LogP contribution in [0, 0.1) is 0 Å². The Morgan fingerprint density at radius 1 is 0.600 bits per heavy atom. The molecule has 5 heteroatoms. The molecule has 0 amide bonds. The van der Waals surface area contributed by atoms with E-state index in [1.165, 1.54) is 25.7 Å². The Kier molecular flexibility index (Phi) is 2.63. The first-order chi connectivity index (χ1) is 7.32. The zero-order valence-corrected chi connectivity index (χ0v) is 10.2. The maximum Gasteiger partial charge on any atom is 0.287 e. The lowest BCUT2D eigenvalue weighted by atomic mass is 10.2. The summed E-state index contributed by atoms with van der Waals surface area (Å²) in [6, 6.07) is 0. The lowest BCUT2D eigenvalue weighted by Crippen LogP contribution is -2.28. The molecule has 0 unspecified atom stereocenters. The van der Waals surface area contributed by atoms with E-state index in [0.717, 1.165) is 39.3 Å². The van der Waals surface area contributed by atoms with Crippen LogP contribution < -0.4 is 0 Å². The molecule has 0 atom stereocenters. The van der Waals surface area contributed by atoms with Gasteiger partial charge in [0.05, 0.1) is 0 Å². The Morgan fingerprint density at radius 2 is 1.00 bits per heavy atom. The highest BCUT2D eigenvalue weighted by Gasteiger charge is 2.51. The van der Waals surface area contributed by atoms with Gasteiger partial charge in [-0.05, 0) is 12.8 Å². The fourth-order valence-corrected chi connectivity index (χ4v) is 5.56. The van der Waals surface area contributed by atoms with Gasteiger partial charge in [-0.2, -0.15) is 0 Å². The predicted octanol–water partition coefficient (Wildman–Crippen LogP) is 1.60. The van der Waals surface area contributed by atoms with Gasteiger partial charge in [0, 0.05) is 39.3 Å². The average Bonchev–Trinajstić information content (AvgIpc) is 3.13. The topological polar surface area (TPSA) is 26.3 Å². The van der Waals surface area contributed by atoms with Crippen molar-refractivity contribution < 1.29 is 4.57 Å². The van der Waals surface area contributed by atoms with Gasteiger partial charge in [0.15, 0.2) is 0 Å². The van der Waals surface area contributed by atoms with Gasteiger partial charge in [0.2, 0.25) is 0 Å². The molecular formula is C10H20N3OP. The molecule has 3 aliphatic heterocycles. The van der Waals surface area contributed by atoms with Crippen molar-refractivity contribution in [3.05, 3.63) is 0 Å². The maximum atomic E-state index is 13.0. The van der Waals surface area contributed by atoms with E-state index in [4.69, 9.17) is 0 Å². The minimum absolute atomic E-state index is 1.05. The molecule has 0 aromatic heterocycles. The number of nitrogens with zero attached hydrogens (tertiary/aromatic N) is 3. The summed E-state index contributed by atoms with van der Waals surface area (Å²) in [5.74, 6) is 0. The zero-order valence-electron chi connectivity index (χ0n) is 9.27. The van der Waals surface area contributed by atoms with E-state index in [0.29, 0.717) is 0 Å². The predicted molar refractivity (Wildman–Crippen MR) is 60.8 cm³/mol. The Morgan fingerprint density at radius 3 is 1.40 bits per heavy atom. The number of hydrogen-bond acceptors (Lipinski definition) is 1. The smallest absolute Gasteiger partial charge is 0.270 e. The maximum absolute atomic E-state index is 13.0. The van der Waals surface area contributed by atoms with E-state index >= 15 is 0 Å². The van der Waals surface area contributed by atoms with Crippen molar-refractivity contribution >= 4 is 7.59 Å². The van der Waals surface area contributed by atoms with E-state index < -0.39 is 7.59 Å². The summed E-state index contributed by atoms with van der Waals surface area (Å²) in [7, 11) is -2.24. The van der Waals surface area contributed by atoms with Crippen LogP contribution in [0.15, 0.2) is 0 Å². The summed E-state index contributed by atoms with van der Waals surface area (Å²) in [6.45, 7) is 6.28. The van der Waals surface area contributed by atoms with Gasteiger partial charge in [-0.15, -0.1) is 0 Å². The minimum atomic E-state index is -2.24. The van der Waals surface area contributed by atoms with Crippen molar-refractivity contribution in [3.8, 4) is 0 Å². The van der Waals surface area contributed by atoms with Crippen LogP contribution in [0.3, 0.4) is 0 Å². The first-order valence-electron chi connectivity index (χ1n) is 6.18. The Labute approximate surface area is 91.7 Å². The van der Waals surface area contributed by atoms with Crippen LogP contribution in [0.25, 0.3) is 0 Å². The molecule has 0 aliphatic carbocycles. The summed E-state index contributed by atoms with van der Waals surface area (Å²) in [5, 5.41) is 0. The van der Waals surface area contributed by atoms with Gasteiger partial charge in [-0.1, -0.05) is 12.8 Å². The molecule has 0 saturated carbocycles. The highest BCUT2D eigenvalue weighted by molar-refractivity contribution is 7.57. The summed E-state index contributed by atoms with van der Waals surface area (Å²) in [5.41, 5.74) is 0. The molecule has 0 N–H and O–H groups in total. The van der Waals surface area contributed by atoms with Crippen molar-refractivity contribution in [2.75, 3.05) is 39.3 Å². The van der Waals surface area contributed by atoms with Gasteiger partial charge in [0.25, 0.3) is 7.59 Å². The molecule has 3 saturated heterocycles. The molecule has 86 valence electrons. The van der Waals surface area contributed by atoms with Crippen LogP contribution in [0.1, 0.15) is 25.7 Å². The normalized spacial score (nSPS) is 30.1. The summed E-state index contributed by atoms with van der Waals surface area (Å²) < 4.78 is 19.7. The second kappa shape index (κ2) is 3.85. The Hall–Kier alpha value is 0.110. The SMILES string of the molecule is O=P(N1CCCCCC1)(N1CC1)N1CC1. The second-order valence-corrected chi connectivity index (χ2v) is 7.51. The molecule has 3 heterocycles. The molecule has 0 bridgehead atoms. The molecule has 0 aromatic carbocycles. The standard InChI is InChI=1S/C10H20N3OP/c14-15(12-7-8-12,13-9-10-13)11-5-3-1-2-4-6-11/h1-10H2. The summed E-state index contributed by atoms with van der Waals surface area (Å²) in [6.07, 6.45) is 5.09.